The maximum Gasteiger partial charge on any atom is 0.417 e. The fourth-order valence-corrected chi connectivity index (χ4v) is 2.78. The zero-order valence-electron chi connectivity index (χ0n) is 12.1. The van der Waals surface area contributed by atoms with E-state index in [1.54, 1.807) is 23.9 Å². The molecule has 0 bridgehead atoms. The summed E-state index contributed by atoms with van der Waals surface area (Å²) in [5.41, 5.74) is 2.36. The highest BCUT2D eigenvalue weighted by atomic mass is 35.5. The first-order valence-corrected chi connectivity index (χ1v) is 7.99. The third-order valence-electron chi connectivity index (χ3n) is 2.94. The molecule has 5 heteroatoms. The van der Waals surface area contributed by atoms with E-state index in [9.17, 15) is 4.79 Å². The van der Waals surface area contributed by atoms with E-state index in [-0.39, 0.29) is 0 Å². The summed E-state index contributed by atoms with van der Waals surface area (Å²) < 4.78 is 5.39. The van der Waals surface area contributed by atoms with Crippen molar-refractivity contribution < 1.29 is 9.53 Å². The molecule has 0 aliphatic carbocycles. The van der Waals surface area contributed by atoms with E-state index in [1.807, 2.05) is 44.4 Å². The highest BCUT2D eigenvalue weighted by Crippen LogP contribution is 2.27. The second-order valence-corrected chi connectivity index (χ2v) is 5.93. The number of nitrogens with one attached hydrogen (secondary N) is 1. The maximum absolute atomic E-state index is 12.0. The van der Waals surface area contributed by atoms with Crippen LogP contribution in [-0.4, -0.2) is 12.3 Å². The first-order valence-electron chi connectivity index (χ1n) is 6.39. The summed E-state index contributed by atoms with van der Waals surface area (Å²) in [7, 11) is 0. The van der Waals surface area contributed by atoms with Gasteiger partial charge in [0.1, 0.15) is 5.75 Å². The van der Waals surface area contributed by atoms with Gasteiger partial charge in [-0.2, -0.15) is 0 Å². The van der Waals surface area contributed by atoms with E-state index < -0.39 is 6.09 Å². The minimum absolute atomic E-state index is 0.512. The monoisotopic (exact) mass is 321 g/mol. The average molecular weight is 322 g/mol. The lowest BCUT2D eigenvalue weighted by Crippen LogP contribution is -2.17. The summed E-state index contributed by atoms with van der Waals surface area (Å²) >= 11 is 7.58. The normalized spacial score (nSPS) is 10.3. The molecule has 0 aliphatic rings. The molecule has 0 saturated heterocycles. The van der Waals surface area contributed by atoms with Crippen LogP contribution in [0.25, 0.3) is 0 Å². The van der Waals surface area contributed by atoms with Gasteiger partial charge < -0.3 is 4.74 Å². The van der Waals surface area contributed by atoms with Crippen molar-refractivity contribution in [2.45, 2.75) is 18.7 Å². The van der Waals surface area contributed by atoms with Crippen molar-refractivity contribution in [2.24, 2.45) is 0 Å². The Morgan fingerprint density at radius 1 is 1.19 bits per heavy atom. The van der Waals surface area contributed by atoms with Crippen LogP contribution in [0.5, 0.6) is 5.75 Å². The molecule has 0 fully saturated rings. The van der Waals surface area contributed by atoms with Gasteiger partial charge in [0.05, 0.1) is 0 Å². The molecule has 2 aromatic carbocycles. The molecule has 0 radical (unpaired) electrons. The van der Waals surface area contributed by atoms with Crippen molar-refractivity contribution in [3.8, 4) is 5.75 Å². The number of halogens is 1. The van der Waals surface area contributed by atoms with Gasteiger partial charge >= 0.3 is 6.09 Å². The maximum atomic E-state index is 12.0. The molecule has 0 aliphatic heterocycles. The van der Waals surface area contributed by atoms with E-state index in [0.29, 0.717) is 16.5 Å². The Kier molecular flexibility index (Phi) is 5.15. The number of thioether (sulfide) groups is 1. The molecule has 0 saturated carbocycles. The number of rotatable bonds is 3. The van der Waals surface area contributed by atoms with Gasteiger partial charge in [0.25, 0.3) is 0 Å². The summed E-state index contributed by atoms with van der Waals surface area (Å²) in [5, 5.41) is 3.36. The Labute approximate surface area is 133 Å². The van der Waals surface area contributed by atoms with Gasteiger partial charge in [-0.05, 0) is 61.6 Å². The minimum Gasteiger partial charge on any atom is -0.410 e. The quantitative estimate of drug-likeness (QED) is 0.781. The number of hydrogen-bond acceptors (Lipinski definition) is 3. The molecule has 0 spiro atoms. The number of carbonyl (C=O) groups excluding carboxylic acids is 1. The zero-order chi connectivity index (χ0) is 15.4. The molecule has 3 nitrogen and oxygen atoms in total. The number of anilines is 1. The van der Waals surface area contributed by atoms with Crippen LogP contribution in [0, 0.1) is 13.8 Å². The molecular weight excluding hydrogens is 306 g/mol. The van der Waals surface area contributed by atoms with E-state index >= 15 is 0 Å². The molecule has 1 N–H and O–H groups in total. The summed E-state index contributed by atoms with van der Waals surface area (Å²) in [6.07, 6.45) is 1.47. The van der Waals surface area contributed by atoms with E-state index in [2.05, 4.69) is 5.32 Å². The average Bonchev–Trinajstić information content (AvgIpc) is 2.43. The van der Waals surface area contributed by atoms with Crippen molar-refractivity contribution >= 4 is 35.1 Å². The van der Waals surface area contributed by atoms with Gasteiger partial charge in [-0.1, -0.05) is 17.7 Å². The van der Waals surface area contributed by atoms with E-state index in [1.165, 1.54) is 0 Å². The molecular formula is C16H16ClNO2S. The molecule has 0 heterocycles. The summed E-state index contributed by atoms with van der Waals surface area (Å²) in [5.74, 6) is 0.540. The molecule has 110 valence electrons. The largest absolute Gasteiger partial charge is 0.417 e. The predicted octanol–water partition coefficient (Wildman–Crippen LogP) is 5.29. The van der Waals surface area contributed by atoms with Gasteiger partial charge in [0.2, 0.25) is 0 Å². The van der Waals surface area contributed by atoms with Gasteiger partial charge in [0.15, 0.2) is 0 Å². The number of ether oxygens (including phenoxy) is 1. The Balaban J connectivity index is 2.12. The number of amides is 1. The summed E-state index contributed by atoms with van der Waals surface area (Å²) in [6.45, 7) is 3.71. The fraction of sp³-hybridized carbons (Fsp3) is 0.188. The van der Waals surface area contributed by atoms with Crippen LogP contribution in [0.3, 0.4) is 0 Å². The fourth-order valence-electron chi connectivity index (χ4n) is 2.00. The van der Waals surface area contributed by atoms with Crippen molar-refractivity contribution in [2.75, 3.05) is 11.6 Å². The number of benzene rings is 2. The molecule has 2 aromatic rings. The van der Waals surface area contributed by atoms with Crippen molar-refractivity contribution in [3.05, 3.63) is 52.5 Å². The van der Waals surface area contributed by atoms with Crippen LogP contribution < -0.4 is 10.1 Å². The summed E-state index contributed by atoms with van der Waals surface area (Å²) in [6, 6.07) is 11.1. The number of carbonyl (C=O) groups is 1. The number of hydrogen-bond donors (Lipinski definition) is 1. The number of aryl methyl sites for hydroxylation is 2. The molecule has 0 atom stereocenters. The Bertz CT molecular complexity index is 650. The van der Waals surface area contributed by atoms with Gasteiger partial charge in [-0.25, -0.2) is 4.79 Å². The molecule has 21 heavy (non-hydrogen) atoms. The lowest BCUT2D eigenvalue weighted by molar-refractivity contribution is 0.214. The third-order valence-corrected chi connectivity index (χ3v) is 3.88. The predicted molar refractivity (Wildman–Crippen MR) is 88.8 cm³/mol. The first kappa shape index (κ1) is 15.7. The highest BCUT2D eigenvalue weighted by Gasteiger charge is 2.11. The standard InChI is InChI=1S/C16H16ClNO2S/c1-10-7-12(17)8-11(2)15(10)20-16(19)18-13-5-4-6-14(9-13)21-3/h4-9H,1-3H3,(H,18,19). The van der Waals surface area contributed by atoms with Gasteiger partial charge in [-0.3, -0.25) is 5.32 Å². The van der Waals surface area contributed by atoms with Crippen LogP contribution in [0.4, 0.5) is 10.5 Å². The minimum atomic E-state index is -0.512. The van der Waals surface area contributed by atoms with Crippen LogP contribution in [0.15, 0.2) is 41.3 Å². The van der Waals surface area contributed by atoms with E-state index in [4.69, 9.17) is 16.3 Å². The SMILES string of the molecule is CSc1cccc(NC(=O)Oc2c(C)cc(Cl)cc2C)c1. The molecule has 2 rings (SSSR count). The molecule has 0 aromatic heterocycles. The highest BCUT2D eigenvalue weighted by molar-refractivity contribution is 7.98. The van der Waals surface area contributed by atoms with Crippen LogP contribution in [0.2, 0.25) is 5.02 Å². The van der Waals surface area contributed by atoms with Crippen molar-refractivity contribution in [3.63, 3.8) is 0 Å². The lowest BCUT2D eigenvalue weighted by Gasteiger charge is -2.12. The van der Waals surface area contributed by atoms with Crippen LogP contribution >= 0.6 is 23.4 Å². The topological polar surface area (TPSA) is 38.3 Å². The Morgan fingerprint density at radius 2 is 1.86 bits per heavy atom. The van der Waals surface area contributed by atoms with Gasteiger partial charge in [-0.15, -0.1) is 11.8 Å². The molecule has 0 unspecified atom stereocenters. The Morgan fingerprint density at radius 3 is 2.48 bits per heavy atom. The molecule has 1 amide bonds. The van der Waals surface area contributed by atoms with E-state index in [0.717, 1.165) is 16.0 Å². The summed E-state index contributed by atoms with van der Waals surface area (Å²) in [4.78, 5) is 13.1. The smallest absolute Gasteiger partial charge is 0.410 e. The second-order valence-electron chi connectivity index (χ2n) is 4.62. The van der Waals surface area contributed by atoms with Gasteiger partial charge in [0, 0.05) is 15.6 Å². The van der Waals surface area contributed by atoms with Crippen LogP contribution in [-0.2, 0) is 0 Å². The van der Waals surface area contributed by atoms with Crippen LogP contribution in [0.1, 0.15) is 11.1 Å². The third kappa shape index (κ3) is 4.16. The van der Waals surface area contributed by atoms with Crippen molar-refractivity contribution in [1.82, 2.24) is 0 Å². The zero-order valence-corrected chi connectivity index (χ0v) is 13.6. The Hall–Kier alpha value is -1.65. The lowest BCUT2D eigenvalue weighted by atomic mass is 10.1. The second kappa shape index (κ2) is 6.87. The van der Waals surface area contributed by atoms with Crippen molar-refractivity contribution in [1.29, 1.82) is 0 Å². The first-order chi connectivity index (χ1) is 9.99.